The molecule has 1 heterocycles. The smallest absolute Gasteiger partial charge is 0.251 e. The van der Waals surface area contributed by atoms with Crippen molar-refractivity contribution < 1.29 is 9.53 Å². The van der Waals surface area contributed by atoms with Crippen molar-refractivity contribution in [1.82, 2.24) is 15.1 Å². The Morgan fingerprint density at radius 2 is 1.79 bits per heavy atom. The van der Waals surface area contributed by atoms with Gasteiger partial charge in [0.2, 0.25) is 0 Å². The summed E-state index contributed by atoms with van der Waals surface area (Å²) < 4.78 is 5.24. The third-order valence-corrected chi connectivity index (χ3v) is 5.56. The first kappa shape index (κ1) is 21.1. The van der Waals surface area contributed by atoms with Gasteiger partial charge >= 0.3 is 0 Å². The van der Waals surface area contributed by atoms with Crippen molar-refractivity contribution in [3.63, 3.8) is 0 Å². The van der Waals surface area contributed by atoms with Crippen molar-refractivity contribution in [3.05, 3.63) is 59.7 Å². The molecular formula is C23H32N4O2. The van der Waals surface area contributed by atoms with Crippen molar-refractivity contribution in [1.29, 1.82) is 0 Å². The van der Waals surface area contributed by atoms with E-state index in [4.69, 9.17) is 4.74 Å². The molecule has 1 fully saturated rings. The quantitative estimate of drug-likeness (QED) is 0.779. The number of hydrogen-bond donors (Lipinski definition) is 1. The molecule has 6 nitrogen and oxygen atoms in total. The fourth-order valence-electron chi connectivity index (χ4n) is 3.64. The van der Waals surface area contributed by atoms with Gasteiger partial charge in [-0.15, -0.1) is 0 Å². The number of piperazine rings is 1. The number of anilines is 1. The first-order valence-corrected chi connectivity index (χ1v) is 10.1. The first-order valence-electron chi connectivity index (χ1n) is 10.1. The number of ether oxygens (including phenoxy) is 1. The van der Waals surface area contributed by atoms with E-state index in [-0.39, 0.29) is 11.9 Å². The minimum atomic E-state index is -0.0760. The molecule has 1 saturated heterocycles. The molecule has 0 spiro atoms. The minimum absolute atomic E-state index is 0.0760. The zero-order valence-electron chi connectivity index (χ0n) is 17.9. The average Bonchev–Trinajstić information content (AvgIpc) is 2.75. The van der Waals surface area contributed by atoms with Gasteiger partial charge in [-0.1, -0.05) is 18.2 Å². The second-order valence-corrected chi connectivity index (χ2v) is 7.78. The third kappa shape index (κ3) is 5.49. The maximum Gasteiger partial charge on any atom is 0.251 e. The van der Waals surface area contributed by atoms with Crippen molar-refractivity contribution in [2.45, 2.75) is 6.04 Å². The summed E-state index contributed by atoms with van der Waals surface area (Å²) in [5.41, 5.74) is 3.02. The molecule has 29 heavy (non-hydrogen) atoms. The molecule has 156 valence electrons. The molecule has 2 aromatic carbocycles. The lowest BCUT2D eigenvalue weighted by Gasteiger charge is -2.38. The maximum atomic E-state index is 12.7. The molecule has 0 aromatic heterocycles. The molecule has 1 amide bonds. The number of benzene rings is 2. The highest BCUT2D eigenvalue weighted by Gasteiger charge is 2.24. The van der Waals surface area contributed by atoms with Gasteiger partial charge in [0.25, 0.3) is 5.91 Å². The third-order valence-electron chi connectivity index (χ3n) is 5.56. The largest absolute Gasteiger partial charge is 0.497 e. The minimum Gasteiger partial charge on any atom is -0.497 e. The van der Waals surface area contributed by atoms with E-state index in [9.17, 15) is 4.79 Å². The van der Waals surface area contributed by atoms with Crippen molar-refractivity contribution in [2.75, 3.05) is 65.9 Å². The summed E-state index contributed by atoms with van der Waals surface area (Å²) in [6, 6.07) is 16.0. The van der Waals surface area contributed by atoms with E-state index < -0.39 is 0 Å². The van der Waals surface area contributed by atoms with Crippen LogP contribution in [0.15, 0.2) is 48.5 Å². The predicted molar refractivity (Wildman–Crippen MR) is 118 cm³/mol. The van der Waals surface area contributed by atoms with E-state index in [0.717, 1.165) is 26.2 Å². The fourth-order valence-corrected chi connectivity index (χ4v) is 3.64. The lowest BCUT2D eigenvalue weighted by molar-refractivity contribution is 0.0886. The van der Waals surface area contributed by atoms with Gasteiger partial charge in [0.05, 0.1) is 13.2 Å². The van der Waals surface area contributed by atoms with Crippen LogP contribution in [0.25, 0.3) is 0 Å². The SMILES string of the molecule is COc1cccc(C(=O)NCC(c2ccc(N(C)C)cc2)N2CCN(C)CC2)c1. The number of likely N-dealkylation sites (N-methyl/N-ethyl adjacent to an activating group) is 1. The average molecular weight is 397 g/mol. The molecule has 1 aliphatic rings. The zero-order valence-corrected chi connectivity index (χ0v) is 17.9. The first-order chi connectivity index (χ1) is 14.0. The van der Waals surface area contributed by atoms with Gasteiger partial charge in [0.1, 0.15) is 5.75 Å². The van der Waals surface area contributed by atoms with Gasteiger partial charge in [-0.05, 0) is 42.9 Å². The van der Waals surface area contributed by atoms with Crippen LogP contribution in [0.5, 0.6) is 5.75 Å². The number of nitrogens with one attached hydrogen (secondary N) is 1. The summed E-state index contributed by atoms with van der Waals surface area (Å²) in [4.78, 5) is 19.6. The second kappa shape index (κ2) is 9.76. The molecule has 0 bridgehead atoms. The predicted octanol–water partition coefficient (Wildman–Crippen LogP) is 2.48. The molecule has 1 atom stereocenters. The van der Waals surface area contributed by atoms with Crippen molar-refractivity contribution >= 4 is 11.6 Å². The number of methoxy groups -OCH3 is 1. The Kier molecular flexibility index (Phi) is 7.12. The number of rotatable bonds is 7. The monoisotopic (exact) mass is 396 g/mol. The Balaban J connectivity index is 1.74. The van der Waals surface area contributed by atoms with Crippen LogP contribution >= 0.6 is 0 Å². The van der Waals surface area contributed by atoms with E-state index in [1.165, 1.54) is 11.3 Å². The van der Waals surface area contributed by atoms with Crippen LogP contribution in [0.1, 0.15) is 22.0 Å². The van der Waals surface area contributed by atoms with Crippen LogP contribution < -0.4 is 15.0 Å². The Hall–Kier alpha value is -2.57. The van der Waals surface area contributed by atoms with E-state index in [1.807, 2.05) is 32.3 Å². The highest BCUT2D eigenvalue weighted by Crippen LogP contribution is 2.24. The molecule has 6 heteroatoms. The van der Waals surface area contributed by atoms with Gasteiger partial charge in [-0.25, -0.2) is 0 Å². The van der Waals surface area contributed by atoms with Gasteiger partial charge in [-0.2, -0.15) is 0 Å². The van der Waals surface area contributed by atoms with Crippen molar-refractivity contribution in [2.24, 2.45) is 0 Å². The van der Waals surface area contributed by atoms with Gasteiger partial charge in [-0.3, -0.25) is 9.69 Å². The molecular weight excluding hydrogens is 364 g/mol. The molecule has 1 aliphatic heterocycles. The Morgan fingerprint density at radius 1 is 1.10 bits per heavy atom. The number of carbonyl (C=O) groups excluding carboxylic acids is 1. The number of carbonyl (C=O) groups is 1. The van der Waals surface area contributed by atoms with Crippen LogP contribution in [0, 0.1) is 0 Å². The fraction of sp³-hybridized carbons (Fsp3) is 0.435. The van der Waals surface area contributed by atoms with Gasteiger partial charge in [0.15, 0.2) is 0 Å². The molecule has 0 saturated carbocycles. The number of amides is 1. The molecule has 1 N–H and O–H groups in total. The summed E-state index contributed by atoms with van der Waals surface area (Å²) in [6.07, 6.45) is 0. The highest BCUT2D eigenvalue weighted by atomic mass is 16.5. The van der Waals surface area contributed by atoms with Crippen LogP contribution in [0.2, 0.25) is 0 Å². The molecule has 0 radical (unpaired) electrons. The number of nitrogens with zero attached hydrogens (tertiary/aromatic N) is 3. The summed E-state index contributed by atoms with van der Waals surface area (Å²) in [7, 11) is 7.85. The second-order valence-electron chi connectivity index (χ2n) is 7.78. The van der Waals surface area contributed by atoms with Crippen LogP contribution in [-0.2, 0) is 0 Å². The lowest BCUT2D eigenvalue weighted by Crippen LogP contribution is -2.48. The Labute approximate surface area is 174 Å². The number of hydrogen-bond acceptors (Lipinski definition) is 5. The van der Waals surface area contributed by atoms with E-state index in [1.54, 1.807) is 13.2 Å². The summed E-state index contributed by atoms with van der Waals surface area (Å²) in [5.74, 6) is 0.612. The zero-order chi connectivity index (χ0) is 20.8. The van der Waals surface area contributed by atoms with E-state index >= 15 is 0 Å². The Bertz CT molecular complexity index is 799. The topological polar surface area (TPSA) is 48.1 Å². The summed E-state index contributed by atoms with van der Waals surface area (Å²) in [6.45, 7) is 4.63. The van der Waals surface area contributed by atoms with Gasteiger partial charge in [0, 0.05) is 58.1 Å². The highest BCUT2D eigenvalue weighted by molar-refractivity contribution is 5.94. The lowest BCUT2D eigenvalue weighted by atomic mass is 10.0. The summed E-state index contributed by atoms with van der Waals surface area (Å²) >= 11 is 0. The molecule has 3 rings (SSSR count). The van der Waals surface area contributed by atoms with Crippen LogP contribution in [0.3, 0.4) is 0 Å². The Morgan fingerprint density at radius 3 is 2.41 bits per heavy atom. The molecule has 2 aromatic rings. The van der Waals surface area contributed by atoms with Crippen LogP contribution in [-0.4, -0.2) is 76.7 Å². The van der Waals surface area contributed by atoms with E-state index in [0.29, 0.717) is 17.9 Å². The van der Waals surface area contributed by atoms with Crippen LogP contribution in [0.4, 0.5) is 5.69 Å². The standard InChI is InChI=1S/C23H32N4O2/c1-25(2)20-10-8-18(9-11-20)22(27-14-12-26(3)13-15-27)17-24-23(28)19-6-5-7-21(16-19)29-4/h5-11,16,22H,12-15,17H2,1-4H3,(H,24,28). The molecule has 1 unspecified atom stereocenters. The van der Waals surface area contributed by atoms with E-state index in [2.05, 4.69) is 51.3 Å². The maximum absolute atomic E-state index is 12.7. The normalized spacial score (nSPS) is 16.3. The van der Waals surface area contributed by atoms with Gasteiger partial charge < -0.3 is 19.9 Å². The summed E-state index contributed by atoms with van der Waals surface area (Å²) in [5, 5.41) is 3.13. The van der Waals surface area contributed by atoms with Crippen molar-refractivity contribution in [3.8, 4) is 5.75 Å². The molecule has 0 aliphatic carbocycles.